The predicted molar refractivity (Wildman–Crippen MR) is 71.7 cm³/mol. The molecule has 0 aliphatic heterocycles. The monoisotopic (exact) mass is 270 g/mol. The van der Waals surface area contributed by atoms with Crippen LogP contribution < -0.4 is 0 Å². The second kappa shape index (κ2) is 8.91. The molecule has 1 aliphatic rings. The van der Waals surface area contributed by atoms with E-state index in [1.807, 2.05) is 6.92 Å². The van der Waals surface area contributed by atoms with Gasteiger partial charge in [0.15, 0.2) is 0 Å². The fourth-order valence-corrected chi connectivity index (χ4v) is 2.34. The maximum absolute atomic E-state index is 10.5. The minimum atomic E-state index is -0.741. The summed E-state index contributed by atoms with van der Waals surface area (Å²) in [5.74, 6) is 0.502. The van der Waals surface area contributed by atoms with Gasteiger partial charge in [0.05, 0.1) is 6.10 Å². The Bertz CT molecular complexity index is 304. The third kappa shape index (κ3) is 6.05. The molecule has 1 aliphatic carbocycles. The summed E-state index contributed by atoms with van der Waals surface area (Å²) >= 11 is 0. The van der Waals surface area contributed by atoms with Crippen molar-refractivity contribution in [3.8, 4) is 0 Å². The van der Waals surface area contributed by atoms with E-state index in [-0.39, 0.29) is 12.0 Å². The summed E-state index contributed by atoms with van der Waals surface area (Å²) in [5, 5.41) is 9.75. The Balaban J connectivity index is 2.60. The van der Waals surface area contributed by atoms with Gasteiger partial charge in [0, 0.05) is 12.5 Å². The highest BCUT2D eigenvalue weighted by atomic mass is 17.0. The molecule has 1 saturated carbocycles. The van der Waals surface area contributed by atoms with Crippen molar-refractivity contribution in [2.24, 2.45) is 5.92 Å². The summed E-state index contributed by atoms with van der Waals surface area (Å²) in [7, 11) is 0. The SMILES string of the molecule is CCCCC(=[C][C@@H]1CCC[C@@H]1OCCC)O[N+](=O)[O-]. The molecule has 5 nitrogen and oxygen atoms in total. The van der Waals surface area contributed by atoms with Gasteiger partial charge >= 0.3 is 0 Å². The van der Waals surface area contributed by atoms with Crippen molar-refractivity contribution < 1.29 is 14.7 Å². The van der Waals surface area contributed by atoms with E-state index >= 15 is 0 Å². The van der Waals surface area contributed by atoms with Gasteiger partial charge < -0.3 is 4.74 Å². The average molecular weight is 270 g/mol. The zero-order valence-corrected chi connectivity index (χ0v) is 11.9. The standard InChI is InChI=1S/C14H24NO4/c1-3-5-8-13(19-15(16)17)11-12-7-6-9-14(12)18-10-4-2/h12,14H,3-10H2,1-2H3/t12-,14-/m0/s1. The fraction of sp³-hybridized carbons (Fsp3) is 0.857. The minimum Gasteiger partial charge on any atom is -0.378 e. The van der Waals surface area contributed by atoms with Crippen LogP contribution in [0.2, 0.25) is 0 Å². The molecule has 0 unspecified atom stereocenters. The maximum atomic E-state index is 10.5. The van der Waals surface area contributed by atoms with Crippen molar-refractivity contribution in [2.45, 2.75) is 64.9 Å². The van der Waals surface area contributed by atoms with Gasteiger partial charge in [-0.05, 0) is 38.2 Å². The second-order valence-electron chi connectivity index (χ2n) is 4.93. The van der Waals surface area contributed by atoms with E-state index < -0.39 is 5.09 Å². The Morgan fingerprint density at radius 1 is 1.37 bits per heavy atom. The molecule has 2 atom stereocenters. The van der Waals surface area contributed by atoms with E-state index in [4.69, 9.17) is 4.74 Å². The van der Waals surface area contributed by atoms with Crippen molar-refractivity contribution >= 4 is 0 Å². The van der Waals surface area contributed by atoms with Crippen molar-refractivity contribution in [2.75, 3.05) is 6.61 Å². The zero-order chi connectivity index (χ0) is 14.1. The third-order valence-corrected chi connectivity index (χ3v) is 3.28. The lowest BCUT2D eigenvalue weighted by molar-refractivity contribution is -0.743. The van der Waals surface area contributed by atoms with Gasteiger partial charge in [-0.25, -0.2) is 0 Å². The Labute approximate surface area is 115 Å². The summed E-state index contributed by atoms with van der Waals surface area (Å²) in [6, 6.07) is 0. The number of nitrogens with zero attached hydrogens (tertiary/aromatic N) is 1. The highest BCUT2D eigenvalue weighted by molar-refractivity contribution is 4.95. The van der Waals surface area contributed by atoms with E-state index in [1.54, 1.807) is 0 Å². The van der Waals surface area contributed by atoms with Crippen LogP contribution >= 0.6 is 0 Å². The van der Waals surface area contributed by atoms with Gasteiger partial charge in [-0.3, -0.25) is 4.84 Å². The van der Waals surface area contributed by atoms with Crippen LogP contribution in [0.25, 0.3) is 0 Å². The summed E-state index contributed by atoms with van der Waals surface area (Å²) < 4.78 is 5.77. The van der Waals surface area contributed by atoms with Crippen LogP contribution in [0.4, 0.5) is 0 Å². The quantitative estimate of drug-likeness (QED) is 0.364. The van der Waals surface area contributed by atoms with Gasteiger partial charge in [0.25, 0.3) is 5.09 Å². The number of hydrogen-bond donors (Lipinski definition) is 0. The van der Waals surface area contributed by atoms with E-state index in [0.717, 1.165) is 45.1 Å². The number of rotatable bonds is 9. The van der Waals surface area contributed by atoms with E-state index in [1.165, 1.54) is 0 Å². The average Bonchev–Trinajstić information content (AvgIpc) is 2.80. The summed E-state index contributed by atoms with van der Waals surface area (Å²) in [6.07, 6.45) is 9.81. The lowest BCUT2D eigenvalue weighted by Gasteiger charge is -2.17. The smallest absolute Gasteiger partial charge is 0.299 e. The van der Waals surface area contributed by atoms with Crippen molar-refractivity contribution in [1.29, 1.82) is 0 Å². The topological polar surface area (TPSA) is 61.6 Å². The molecule has 1 rings (SSSR count). The molecule has 1 radical (unpaired) electrons. The molecular weight excluding hydrogens is 246 g/mol. The molecule has 0 spiro atoms. The number of ether oxygens (including phenoxy) is 1. The van der Waals surface area contributed by atoms with Crippen molar-refractivity contribution in [3.63, 3.8) is 0 Å². The first-order valence-electron chi connectivity index (χ1n) is 7.23. The highest BCUT2D eigenvalue weighted by Crippen LogP contribution is 2.30. The second-order valence-corrected chi connectivity index (χ2v) is 4.93. The Kier molecular flexibility index (Phi) is 7.48. The van der Waals surface area contributed by atoms with Crippen LogP contribution in [0.5, 0.6) is 0 Å². The molecule has 0 N–H and O–H groups in total. The lowest BCUT2D eigenvalue weighted by Crippen LogP contribution is -2.18. The number of unbranched alkanes of at least 4 members (excludes halogenated alkanes) is 1. The van der Waals surface area contributed by atoms with Crippen LogP contribution in [0, 0.1) is 22.1 Å². The molecule has 0 aromatic carbocycles. The van der Waals surface area contributed by atoms with Gasteiger partial charge in [-0.1, -0.05) is 26.7 Å². The van der Waals surface area contributed by atoms with Gasteiger partial charge in [-0.2, -0.15) is 0 Å². The van der Waals surface area contributed by atoms with Crippen molar-refractivity contribution in [1.82, 2.24) is 0 Å². The zero-order valence-electron chi connectivity index (χ0n) is 11.9. The Hall–Kier alpha value is -1.10. The summed E-state index contributed by atoms with van der Waals surface area (Å²) in [5.41, 5.74) is 0. The first kappa shape index (κ1) is 16.0. The van der Waals surface area contributed by atoms with Crippen LogP contribution in [-0.4, -0.2) is 17.8 Å². The maximum Gasteiger partial charge on any atom is 0.299 e. The molecule has 0 bridgehead atoms. The van der Waals surface area contributed by atoms with Crippen LogP contribution in [0.3, 0.4) is 0 Å². The van der Waals surface area contributed by atoms with Gasteiger partial charge in [0.2, 0.25) is 0 Å². The highest BCUT2D eigenvalue weighted by Gasteiger charge is 2.27. The largest absolute Gasteiger partial charge is 0.378 e. The number of hydrogen-bond acceptors (Lipinski definition) is 4. The van der Waals surface area contributed by atoms with Crippen LogP contribution in [0.1, 0.15) is 58.8 Å². The molecule has 0 saturated heterocycles. The molecule has 109 valence electrons. The van der Waals surface area contributed by atoms with Crippen LogP contribution in [-0.2, 0) is 9.57 Å². The van der Waals surface area contributed by atoms with Gasteiger partial charge in [-0.15, -0.1) is 10.1 Å². The molecule has 1 fully saturated rings. The number of allylic oxidation sites excluding steroid dienone is 1. The van der Waals surface area contributed by atoms with E-state index in [9.17, 15) is 10.1 Å². The third-order valence-electron chi connectivity index (χ3n) is 3.28. The Morgan fingerprint density at radius 2 is 2.16 bits per heavy atom. The first-order chi connectivity index (χ1) is 9.17. The van der Waals surface area contributed by atoms with E-state index in [0.29, 0.717) is 12.2 Å². The lowest BCUT2D eigenvalue weighted by atomic mass is 10.0. The molecule has 0 aromatic rings. The normalized spacial score (nSPS) is 23.6. The molecule has 5 heteroatoms. The summed E-state index contributed by atoms with van der Waals surface area (Å²) in [6.45, 7) is 4.86. The van der Waals surface area contributed by atoms with Crippen LogP contribution in [0.15, 0.2) is 5.76 Å². The first-order valence-corrected chi connectivity index (χ1v) is 7.23. The predicted octanol–water partition coefficient (Wildman–Crippen LogP) is 3.67. The summed E-state index contributed by atoms with van der Waals surface area (Å²) in [4.78, 5) is 15.1. The molecule has 0 aromatic heterocycles. The fourth-order valence-electron chi connectivity index (χ4n) is 2.34. The van der Waals surface area contributed by atoms with E-state index in [2.05, 4.69) is 17.8 Å². The van der Waals surface area contributed by atoms with Gasteiger partial charge in [0.1, 0.15) is 5.76 Å². The molecule has 0 amide bonds. The molecule has 19 heavy (non-hydrogen) atoms. The van der Waals surface area contributed by atoms with Crippen molar-refractivity contribution in [3.05, 3.63) is 21.9 Å². The minimum absolute atomic E-state index is 0.137. The molecular formula is C14H24NO4. The Morgan fingerprint density at radius 3 is 2.79 bits per heavy atom. The molecule has 0 heterocycles.